The number of hydrogen-bond acceptors (Lipinski definition) is 16. The van der Waals surface area contributed by atoms with Crippen molar-refractivity contribution >= 4 is 5.91 Å². The molecule has 0 radical (unpaired) electrons. The maximum atomic E-state index is 12.6. The van der Waals surface area contributed by atoms with Gasteiger partial charge in [-0.1, -0.05) is 74.4 Å². The molecule has 6 heterocycles. The van der Waals surface area contributed by atoms with E-state index in [4.69, 9.17) is 37.9 Å². The highest BCUT2D eigenvalue weighted by Crippen LogP contribution is 2.91. The van der Waals surface area contributed by atoms with Crippen molar-refractivity contribution in [2.24, 2.45) is 107 Å². The molecule has 16 aliphatic rings. The zero-order valence-corrected chi connectivity index (χ0v) is 60.8. The lowest BCUT2D eigenvalue weighted by molar-refractivity contribution is -0.256. The maximum Gasteiger partial charge on any atom is 0.217 e. The van der Waals surface area contributed by atoms with Gasteiger partial charge >= 0.3 is 0 Å². The number of nitrogens with one attached hydrogen (secondary N) is 1. The van der Waals surface area contributed by atoms with Crippen LogP contribution in [-0.2, 0) is 42.7 Å². The molecule has 16 rings (SSSR count). The van der Waals surface area contributed by atoms with Crippen LogP contribution in [0.2, 0.25) is 0 Å². The average Bonchev–Trinajstić information content (AvgIpc) is 1.47. The molecule has 16 fully saturated rings. The minimum Gasteiger partial charge on any atom is -0.390 e. The number of carbonyl (C=O) groups is 1. The van der Waals surface area contributed by atoms with Crippen LogP contribution in [0.4, 0.5) is 0 Å². The molecule has 6 aliphatic heterocycles. The number of nitrogens with zero attached hydrogens (tertiary/aromatic N) is 5. The highest BCUT2D eigenvalue weighted by atomic mass is 16.7. The number of aliphatic hydroxyl groups is 4. The predicted molar refractivity (Wildman–Crippen MR) is 357 cm³/mol. The van der Waals surface area contributed by atoms with Crippen molar-refractivity contribution < 1.29 is 63.1 Å². The molecule has 4 spiro atoms. The SMILES string of the molecule is CC(=O)N[C@@H]([C@H]1C[C@@H](C)[C@H]2[C@H](O1)[C@H](O)[C@@]1(C)[C@@H]3CC[C@H]4C(C)(C)C(O[C@H]5CN(C6COC6)CCO5)CCC45C[C@@]35CC[C@]21C)C(C)(C)O.C[C@@H]1C[C@H]([C@H](N=[N+]=[N-])C(C)(C)O)O[C@H]2[C@H]1[C@@]1(C)CC[C@@]34CC35CCC(O[C@H]3CN(C6COC6)CCO3)C(C)(C)[C@@H]5CC[C@H]4[C@]1(C)[C@H]2O. The van der Waals surface area contributed by atoms with Gasteiger partial charge in [-0.25, -0.2) is 0 Å². The Hall–Kier alpha value is -1.78. The summed E-state index contributed by atoms with van der Waals surface area (Å²) in [5.74, 6) is 3.05. The van der Waals surface area contributed by atoms with Gasteiger partial charge in [0.2, 0.25) is 5.91 Å². The Balaban J connectivity index is 0.000000156. The van der Waals surface area contributed by atoms with E-state index >= 15 is 0 Å². The highest BCUT2D eigenvalue weighted by molar-refractivity contribution is 5.73. The third-order valence-corrected chi connectivity index (χ3v) is 33.3. The molecule has 4 unspecified atom stereocenters. The van der Waals surface area contributed by atoms with E-state index in [2.05, 4.69) is 94.4 Å². The van der Waals surface area contributed by atoms with Gasteiger partial charge in [0.1, 0.15) is 0 Å². The summed E-state index contributed by atoms with van der Waals surface area (Å²) in [5.41, 5.74) is 7.72. The van der Waals surface area contributed by atoms with Crippen LogP contribution in [0.25, 0.3) is 10.4 Å². The first-order chi connectivity index (χ1) is 44.6. The van der Waals surface area contributed by atoms with E-state index in [0.29, 0.717) is 58.4 Å². The monoisotopic (exact) mass is 1330 g/mol. The summed E-state index contributed by atoms with van der Waals surface area (Å²) in [4.78, 5) is 20.3. The summed E-state index contributed by atoms with van der Waals surface area (Å²) in [6.45, 7) is 41.0. The molecule has 10 saturated carbocycles. The molecule has 6 saturated heterocycles. The molecule has 536 valence electrons. The minimum absolute atomic E-state index is 0.0300. The van der Waals surface area contributed by atoms with E-state index in [-0.39, 0.29) is 104 Å². The second-order valence-electron chi connectivity index (χ2n) is 38.5. The van der Waals surface area contributed by atoms with Crippen LogP contribution in [0.1, 0.15) is 207 Å². The lowest BCUT2D eigenvalue weighted by Crippen LogP contribution is -2.60. The Kier molecular flexibility index (Phi) is 16.8. The van der Waals surface area contributed by atoms with Crippen LogP contribution >= 0.6 is 0 Å². The van der Waals surface area contributed by atoms with Crippen LogP contribution in [0.3, 0.4) is 0 Å². The van der Waals surface area contributed by atoms with Gasteiger partial charge in [0.05, 0.1) is 137 Å². The fourth-order valence-electron chi connectivity index (χ4n) is 28.5. The number of ether oxygens (including phenoxy) is 8. The largest absolute Gasteiger partial charge is 0.390 e. The van der Waals surface area contributed by atoms with Crippen molar-refractivity contribution in [2.75, 3.05) is 65.8 Å². The molecule has 0 aromatic heterocycles. The normalized spacial score (nSPS) is 52.5. The lowest BCUT2D eigenvalue weighted by Gasteiger charge is -2.64. The average molecular weight is 1330 g/mol. The summed E-state index contributed by atoms with van der Waals surface area (Å²) < 4.78 is 50.9. The van der Waals surface area contributed by atoms with E-state index in [1.54, 1.807) is 27.7 Å². The van der Waals surface area contributed by atoms with Crippen molar-refractivity contribution in [3.05, 3.63) is 10.4 Å². The number of hydrogen-bond donors (Lipinski definition) is 5. The number of carbonyl (C=O) groups excluding carboxylic acids is 1. The first kappa shape index (κ1) is 69.0. The van der Waals surface area contributed by atoms with E-state index < -0.39 is 41.6 Å². The van der Waals surface area contributed by atoms with Crippen molar-refractivity contribution in [3.63, 3.8) is 0 Å². The molecule has 19 heteroatoms. The molecule has 28 atom stereocenters. The van der Waals surface area contributed by atoms with Crippen LogP contribution in [0.15, 0.2) is 5.11 Å². The van der Waals surface area contributed by atoms with Gasteiger partial charge in [-0.2, -0.15) is 0 Å². The number of amides is 1. The summed E-state index contributed by atoms with van der Waals surface area (Å²) in [7, 11) is 0. The Morgan fingerprint density at radius 2 is 1.01 bits per heavy atom. The summed E-state index contributed by atoms with van der Waals surface area (Å²) in [5, 5.41) is 54.2. The second kappa shape index (κ2) is 23.1. The number of fused-ring (bicyclic) bond motifs is 8. The zero-order chi connectivity index (χ0) is 67.6. The van der Waals surface area contributed by atoms with Gasteiger partial charge in [0, 0.05) is 35.8 Å². The first-order valence-electron chi connectivity index (χ1n) is 38.2. The van der Waals surface area contributed by atoms with Gasteiger partial charge in [-0.05, 0) is 227 Å². The van der Waals surface area contributed by atoms with Gasteiger partial charge in [0.15, 0.2) is 12.6 Å². The van der Waals surface area contributed by atoms with Crippen LogP contribution in [-0.4, -0.2) is 199 Å². The Morgan fingerprint density at radius 1 is 0.600 bits per heavy atom. The fourth-order valence-corrected chi connectivity index (χ4v) is 28.5. The molecule has 5 N–H and O–H groups in total. The topological polar surface area (TPSA) is 239 Å². The first-order valence-corrected chi connectivity index (χ1v) is 38.2. The predicted octanol–water partition coefficient (Wildman–Crippen LogP) is 10.2. The molecule has 1 amide bonds. The second-order valence-corrected chi connectivity index (χ2v) is 38.5. The number of azide groups is 1. The Bertz CT molecular complexity index is 2970. The Labute approximate surface area is 567 Å². The zero-order valence-electron chi connectivity index (χ0n) is 60.8. The quantitative estimate of drug-likeness (QED) is 0.0694. The third kappa shape index (κ3) is 9.77. The molecule has 10 aliphatic carbocycles. The molecule has 0 aromatic carbocycles. The minimum atomic E-state index is -1.21. The van der Waals surface area contributed by atoms with Crippen LogP contribution in [0.5, 0.6) is 0 Å². The van der Waals surface area contributed by atoms with E-state index in [9.17, 15) is 30.8 Å². The standard InChI is InChI=1S/C39H64N2O7.C37H60N4O6/c1-22-17-25(32(35(5,6)44)40-23(2)42)47-31-30(22)36(7)13-14-39-21-38(39)12-11-28(48-29-18-41(15-16-46-29)24-19-45-20-24)34(3,4)26(38)9-10-27(39)37(36,8)33(31)43;1-21-16-23(30(39-40-38)33(4,5)43)46-29-28(21)34(6)12-13-37-20-36(37)11-10-26(47-27-17-41(14-15-45-27)22-18-44-19-22)32(2,3)24(36)8-9-25(37)35(34,7)31(29)42/h22,24-33,43-44H,9-21H2,1-8H3,(H,40,42);21-31,42-43H,8-20H2,1-7H3/t22-,25-,26+,27+,28?,29+,30+,31+,32+,33+,36-,37-,38?,39+;21-,23-,24+,25+,26?,27+,28+,29+,30+,31+,34-,35-,36?,37+/m11/s1. The van der Waals surface area contributed by atoms with Crippen molar-refractivity contribution in [2.45, 2.75) is 303 Å². The smallest absolute Gasteiger partial charge is 0.217 e. The molecule has 0 aromatic rings. The third-order valence-electron chi connectivity index (χ3n) is 33.3. The van der Waals surface area contributed by atoms with Crippen molar-refractivity contribution in [1.82, 2.24) is 15.1 Å². The highest BCUT2D eigenvalue weighted by Gasteiger charge is 2.87. The van der Waals surface area contributed by atoms with E-state index in [0.717, 1.165) is 117 Å². The maximum absolute atomic E-state index is 12.6. The summed E-state index contributed by atoms with van der Waals surface area (Å²) >= 11 is 0. The van der Waals surface area contributed by atoms with Crippen molar-refractivity contribution in [1.29, 1.82) is 0 Å². The number of aliphatic hydroxyl groups excluding tert-OH is 2. The van der Waals surface area contributed by atoms with E-state index in [1.807, 2.05) is 0 Å². The van der Waals surface area contributed by atoms with Crippen molar-refractivity contribution in [3.8, 4) is 0 Å². The van der Waals surface area contributed by atoms with Crippen LogP contribution in [0, 0.1) is 101 Å². The lowest BCUT2D eigenvalue weighted by atomic mass is 9.41. The van der Waals surface area contributed by atoms with Gasteiger partial charge in [0.25, 0.3) is 0 Å². The Morgan fingerprint density at radius 3 is 1.40 bits per heavy atom. The van der Waals surface area contributed by atoms with E-state index in [1.165, 1.54) is 58.3 Å². The molecule has 0 bridgehead atoms. The molecule has 19 nitrogen and oxygen atoms in total. The fraction of sp³-hybridized carbons (Fsp3) is 0.987. The summed E-state index contributed by atoms with van der Waals surface area (Å²) in [6, 6.07) is -0.211. The van der Waals surface area contributed by atoms with Gasteiger partial charge in [-0.15, -0.1) is 0 Å². The van der Waals surface area contributed by atoms with Gasteiger partial charge in [-0.3, -0.25) is 14.6 Å². The number of rotatable bonds is 12. The summed E-state index contributed by atoms with van der Waals surface area (Å²) in [6.07, 6.45) is 15.5. The number of morpholine rings is 2. The van der Waals surface area contributed by atoms with Gasteiger partial charge < -0.3 is 63.6 Å². The molecular formula is C76H124N6O13. The molecular weight excluding hydrogens is 1200 g/mol. The van der Waals surface area contributed by atoms with Crippen LogP contribution < -0.4 is 5.32 Å². The molecule has 95 heavy (non-hydrogen) atoms.